The second kappa shape index (κ2) is 9.38. The van der Waals surface area contributed by atoms with Crippen LogP contribution in [0.2, 0.25) is 0 Å². The van der Waals surface area contributed by atoms with Crippen molar-refractivity contribution < 1.29 is 4.39 Å². The van der Waals surface area contributed by atoms with E-state index in [1.54, 1.807) is 0 Å². The van der Waals surface area contributed by atoms with Crippen molar-refractivity contribution in [1.29, 1.82) is 0 Å². The number of nitrogens with zero attached hydrogens (tertiary/aromatic N) is 1. The number of hydrogen-bond acceptors (Lipinski definition) is 1. The zero-order valence-electron chi connectivity index (χ0n) is 13.9. The maximum absolute atomic E-state index is 13.7. The van der Waals surface area contributed by atoms with Crippen LogP contribution in [0.1, 0.15) is 53.0 Å². The van der Waals surface area contributed by atoms with Gasteiger partial charge in [0.1, 0.15) is 5.82 Å². The molecule has 0 aliphatic rings. The largest absolute Gasteiger partial charge is 0.370 e. The van der Waals surface area contributed by atoms with Gasteiger partial charge >= 0.3 is 0 Å². The second-order valence-corrected chi connectivity index (χ2v) is 6.86. The Kier molecular flexibility index (Phi) is 9.11. The summed E-state index contributed by atoms with van der Waals surface area (Å²) >= 11 is 3.27. The smallest absolute Gasteiger partial charge is 0.147 e. The first-order valence-corrected chi connectivity index (χ1v) is 8.18. The quantitative estimate of drug-likeness (QED) is 0.629. The molecular formula is C17H29BrFN. The molecule has 0 atom stereocenters. The summed E-state index contributed by atoms with van der Waals surface area (Å²) in [7, 11) is 1.91. The molecule has 0 heterocycles. The van der Waals surface area contributed by atoms with Gasteiger partial charge in [-0.2, -0.15) is 0 Å². The summed E-state index contributed by atoms with van der Waals surface area (Å²) in [4.78, 5) is 1.94. The van der Waals surface area contributed by atoms with Crippen molar-refractivity contribution in [3.63, 3.8) is 0 Å². The van der Waals surface area contributed by atoms with Crippen LogP contribution in [-0.4, -0.2) is 13.1 Å². The Morgan fingerprint density at radius 2 is 1.75 bits per heavy atom. The molecule has 1 rings (SSSR count). The molecule has 0 amide bonds. The standard InChI is InChI=1S/C11H15BrFN.C6H14/c1-7(2)14(4)11-8(3)5-9(12)6-10(11)13;1-4-5-6(2)3/h5-7H,1-4H3;6H,4-5H2,1-3H3. The van der Waals surface area contributed by atoms with E-state index in [2.05, 4.69) is 36.7 Å². The van der Waals surface area contributed by atoms with Gasteiger partial charge in [0, 0.05) is 17.6 Å². The van der Waals surface area contributed by atoms with Crippen molar-refractivity contribution in [2.24, 2.45) is 5.92 Å². The molecule has 1 aromatic rings. The van der Waals surface area contributed by atoms with Crippen molar-refractivity contribution in [2.45, 2.75) is 60.4 Å². The van der Waals surface area contributed by atoms with Crippen molar-refractivity contribution in [3.05, 3.63) is 28.0 Å². The third kappa shape index (κ3) is 6.74. The molecule has 0 spiro atoms. The van der Waals surface area contributed by atoms with Gasteiger partial charge < -0.3 is 4.90 Å². The van der Waals surface area contributed by atoms with Crippen LogP contribution < -0.4 is 4.90 Å². The summed E-state index contributed by atoms with van der Waals surface area (Å²) in [5.41, 5.74) is 1.64. The number of halogens is 2. The first kappa shape index (κ1) is 19.4. The minimum atomic E-state index is -0.173. The number of benzene rings is 1. The molecule has 0 fully saturated rings. The van der Waals surface area contributed by atoms with Crippen LogP contribution in [0, 0.1) is 18.7 Å². The molecule has 0 saturated carbocycles. The van der Waals surface area contributed by atoms with Crippen LogP contribution >= 0.6 is 15.9 Å². The van der Waals surface area contributed by atoms with Crippen molar-refractivity contribution in [2.75, 3.05) is 11.9 Å². The molecule has 0 saturated heterocycles. The van der Waals surface area contributed by atoms with Gasteiger partial charge in [0.15, 0.2) is 0 Å². The molecule has 0 aliphatic heterocycles. The second-order valence-electron chi connectivity index (χ2n) is 5.94. The minimum Gasteiger partial charge on any atom is -0.370 e. The molecule has 20 heavy (non-hydrogen) atoms. The van der Waals surface area contributed by atoms with E-state index in [1.807, 2.05) is 38.8 Å². The molecule has 3 heteroatoms. The van der Waals surface area contributed by atoms with Crippen LogP contribution in [0.25, 0.3) is 0 Å². The molecule has 0 aliphatic carbocycles. The molecule has 1 nitrogen and oxygen atoms in total. The van der Waals surface area contributed by atoms with Crippen LogP contribution in [0.5, 0.6) is 0 Å². The van der Waals surface area contributed by atoms with Gasteiger partial charge in [-0.1, -0.05) is 49.5 Å². The van der Waals surface area contributed by atoms with E-state index in [-0.39, 0.29) is 5.82 Å². The highest BCUT2D eigenvalue weighted by molar-refractivity contribution is 9.10. The first-order valence-electron chi connectivity index (χ1n) is 7.39. The summed E-state index contributed by atoms with van der Waals surface area (Å²) in [5.74, 6) is 0.725. The summed E-state index contributed by atoms with van der Waals surface area (Å²) in [6.07, 6.45) is 2.71. The van der Waals surface area contributed by atoms with Gasteiger partial charge in [0.25, 0.3) is 0 Å². The maximum Gasteiger partial charge on any atom is 0.147 e. The fourth-order valence-corrected chi connectivity index (χ4v) is 2.52. The van der Waals surface area contributed by atoms with Gasteiger partial charge in [-0.25, -0.2) is 4.39 Å². The molecule has 0 radical (unpaired) electrons. The lowest BCUT2D eigenvalue weighted by molar-refractivity contribution is 0.576. The first-order chi connectivity index (χ1) is 9.20. The van der Waals surface area contributed by atoms with Gasteiger partial charge in [-0.05, 0) is 44.4 Å². The van der Waals surface area contributed by atoms with Crippen LogP contribution in [-0.2, 0) is 0 Å². The Bertz CT molecular complexity index is 379. The molecule has 0 bridgehead atoms. The topological polar surface area (TPSA) is 3.24 Å². The van der Waals surface area contributed by atoms with E-state index in [1.165, 1.54) is 18.9 Å². The van der Waals surface area contributed by atoms with E-state index in [4.69, 9.17) is 0 Å². The Balaban J connectivity index is 0.000000511. The Morgan fingerprint density at radius 1 is 1.20 bits per heavy atom. The predicted molar refractivity (Wildman–Crippen MR) is 92.1 cm³/mol. The van der Waals surface area contributed by atoms with E-state index < -0.39 is 0 Å². The highest BCUT2D eigenvalue weighted by Gasteiger charge is 2.13. The fourth-order valence-electron chi connectivity index (χ4n) is 1.98. The fraction of sp³-hybridized carbons (Fsp3) is 0.647. The number of hydrogen-bond donors (Lipinski definition) is 0. The van der Waals surface area contributed by atoms with Crippen LogP contribution in [0.3, 0.4) is 0 Å². The van der Waals surface area contributed by atoms with Crippen molar-refractivity contribution in [1.82, 2.24) is 0 Å². The lowest BCUT2D eigenvalue weighted by Gasteiger charge is -2.26. The van der Waals surface area contributed by atoms with E-state index in [0.29, 0.717) is 11.7 Å². The number of rotatable bonds is 4. The van der Waals surface area contributed by atoms with E-state index in [0.717, 1.165) is 16.0 Å². The zero-order chi connectivity index (χ0) is 15.9. The third-order valence-corrected chi connectivity index (χ3v) is 3.67. The lowest BCUT2D eigenvalue weighted by atomic mass is 10.1. The maximum atomic E-state index is 13.7. The molecule has 0 N–H and O–H groups in total. The van der Waals surface area contributed by atoms with Crippen molar-refractivity contribution >= 4 is 21.6 Å². The normalized spacial score (nSPS) is 10.6. The lowest BCUT2D eigenvalue weighted by Crippen LogP contribution is -2.27. The third-order valence-electron chi connectivity index (χ3n) is 3.21. The van der Waals surface area contributed by atoms with Gasteiger partial charge in [-0.15, -0.1) is 0 Å². The van der Waals surface area contributed by atoms with Gasteiger partial charge in [0.2, 0.25) is 0 Å². The van der Waals surface area contributed by atoms with Crippen molar-refractivity contribution in [3.8, 4) is 0 Å². The minimum absolute atomic E-state index is 0.173. The molecule has 116 valence electrons. The van der Waals surface area contributed by atoms with E-state index >= 15 is 0 Å². The Labute approximate surface area is 132 Å². The number of aryl methyl sites for hydroxylation is 1. The van der Waals surface area contributed by atoms with Crippen LogP contribution in [0.4, 0.5) is 10.1 Å². The zero-order valence-corrected chi connectivity index (χ0v) is 15.5. The highest BCUT2D eigenvalue weighted by Crippen LogP contribution is 2.28. The summed E-state index contributed by atoms with van der Waals surface area (Å²) < 4.78 is 14.4. The van der Waals surface area contributed by atoms with Gasteiger partial charge in [-0.3, -0.25) is 0 Å². The molecule has 0 unspecified atom stereocenters. The average molecular weight is 346 g/mol. The average Bonchev–Trinajstić information content (AvgIpc) is 2.27. The SMILES string of the molecule is CCCC(C)C.Cc1cc(Br)cc(F)c1N(C)C(C)C. The Hall–Kier alpha value is -0.570. The summed E-state index contributed by atoms with van der Waals surface area (Å²) in [5, 5.41) is 0. The number of anilines is 1. The molecule has 0 aromatic heterocycles. The molecule has 1 aromatic carbocycles. The van der Waals surface area contributed by atoms with E-state index in [9.17, 15) is 4.39 Å². The molecular weight excluding hydrogens is 317 g/mol. The Morgan fingerprint density at radius 3 is 2.05 bits per heavy atom. The highest BCUT2D eigenvalue weighted by atomic mass is 79.9. The summed E-state index contributed by atoms with van der Waals surface area (Å²) in [6.45, 7) is 12.7. The monoisotopic (exact) mass is 345 g/mol. The predicted octanol–water partition coefficient (Wildman–Crippen LogP) is 6.18. The van der Waals surface area contributed by atoms with Gasteiger partial charge in [0.05, 0.1) is 5.69 Å². The summed E-state index contributed by atoms with van der Waals surface area (Å²) in [6, 6.07) is 3.72. The van der Waals surface area contributed by atoms with Crippen LogP contribution in [0.15, 0.2) is 16.6 Å².